The molecule has 2 heterocycles. The summed E-state index contributed by atoms with van der Waals surface area (Å²) in [5.74, 6) is 0.499. The van der Waals surface area contributed by atoms with Gasteiger partial charge in [-0.25, -0.2) is 9.97 Å². The van der Waals surface area contributed by atoms with Gasteiger partial charge in [0.05, 0.1) is 24.5 Å². The van der Waals surface area contributed by atoms with E-state index in [0.717, 1.165) is 21.6 Å². The Bertz CT molecular complexity index is 789. The minimum Gasteiger partial charge on any atom is -0.466 e. The van der Waals surface area contributed by atoms with Gasteiger partial charge in [0, 0.05) is 0 Å². The van der Waals surface area contributed by atoms with E-state index in [4.69, 9.17) is 4.74 Å². The number of ether oxygens (including phenoxy) is 1. The molecule has 2 aromatic heterocycles. The lowest BCUT2D eigenvalue weighted by Crippen LogP contribution is -2.18. The quantitative estimate of drug-likeness (QED) is 0.698. The molecule has 1 N–H and O–H groups in total. The number of esters is 1. The van der Waals surface area contributed by atoms with E-state index in [1.165, 1.54) is 6.33 Å². The first kappa shape index (κ1) is 15.4. The van der Waals surface area contributed by atoms with Gasteiger partial charge in [0.15, 0.2) is 0 Å². The zero-order valence-electron chi connectivity index (χ0n) is 12.7. The van der Waals surface area contributed by atoms with E-state index in [9.17, 15) is 4.79 Å². The fourth-order valence-electron chi connectivity index (χ4n) is 2.39. The van der Waals surface area contributed by atoms with Gasteiger partial charge in [-0.1, -0.05) is 30.3 Å². The van der Waals surface area contributed by atoms with E-state index in [0.29, 0.717) is 6.61 Å². The van der Waals surface area contributed by atoms with E-state index in [1.807, 2.05) is 48.7 Å². The Hall–Kier alpha value is -2.47. The lowest BCUT2D eigenvalue weighted by Gasteiger charge is -2.19. The third-order valence-corrected chi connectivity index (χ3v) is 4.27. The Labute approximate surface area is 138 Å². The van der Waals surface area contributed by atoms with Crippen LogP contribution in [0.3, 0.4) is 0 Å². The second kappa shape index (κ2) is 7.19. The van der Waals surface area contributed by atoms with Crippen molar-refractivity contribution in [2.24, 2.45) is 0 Å². The van der Waals surface area contributed by atoms with Crippen LogP contribution in [0.15, 0.2) is 48.1 Å². The average molecular weight is 327 g/mol. The summed E-state index contributed by atoms with van der Waals surface area (Å²) in [6.45, 7) is 2.19. The van der Waals surface area contributed by atoms with Gasteiger partial charge in [-0.2, -0.15) is 0 Å². The number of nitrogens with zero attached hydrogens (tertiary/aromatic N) is 2. The molecular formula is C17H17N3O2S. The Balaban J connectivity index is 1.89. The molecule has 0 aliphatic heterocycles. The van der Waals surface area contributed by atoms with Crippen molar-refractivity contribution in [3.8, 4) is 0 Å². The molecule has 1 atom stereocenters. The van der Waals surface area contributed by atoms with Crippen LogP contribution in [-0.4, -0.2) is 22.5 Å². The molecule has 0 aliphatic carbocycles. The third kappa shape index (κ3) is 3.65. The van der Waals surface area contributed by atoms with Crippen LogP contribution < -0.4 is 5.32 Å². The maximum Gasteiger partial charge on any atom is 0.308 e. The van der Waals surface area contributed by atoms with E-state index in [2.05, 4.69) is 15.3 Å². The molecule has 6 heteroatoms. The SMILES string of the molecule is CCOC(=O)C[C@@H](Nc1ncnc2sccc12)c1ccccc1. The number of aromatic nitrogens is 2. The van der Waals surface area contributed by atoms with Crippen LogP contribution >= 0.6 is 11.3 Å². The molecule has 3 aromatic rings. The van der Waals surface area contributed by atoms with E-state index < -0.39 is 0 Å². The number of benzene rings is 1. The number of thiophene rings is 1. The Morgan fingerprint density at radius 3 is 2.87 bits per heavy atom. The Morgan fingerprint density at radius 1 is 1.26 bits per heavy atom. The van der Waals surface area contributed by atoms with Gasteiger partial charge in [0.25, 0.3) is 0 Å². The first-order valence-corrected chi connectivity index (χ1v) is 8.31. The van der Waals surface area contributed by atoms with Crippen molar-refractivity contribution in [1.29, 1.82) is 0 Å². The fraction of sp³-hybridized carbons (Fsp3) is 0.235. The van der Waals surface area contributed by atoms with Gasteiger partial charge in [-0.15, -0.1) is 11.3 Å². The maximum atomic E-state index is 11.9. The minimum atomic E-state index is -0.232. The standard InChI is InChI=1S/C17H17N3O2S/c1-2-22-15(21)10-14(12-6-4-3-5-7-12)20-16-13-8-9-23-17(13)19-11-18-16/h3-9,11,14H,2,10H2,1H3,(H,18,19,20)/t14-/m1/s1. The van der Waals surface area contributed by atoms with Gasteiger partial charge in [0.1, 0.15) is 17.0 Å². The Morgan fingerprint density at radius 2 is 2.09 bits per heavy atom. The first-order chi connectivity index (χ1) is 11.3. The van der Waals surface area contributed by atoms with Crippen LogP contribution in [0.1, 0.15) is 24.9 Å². The van der Waals surface area contributed by atoms with Crippen molar-refractivity contribution in [3.05, 3.63) is 53.7 Å². The average Bonchev–Trinajstić information content (AvgIpc) is 3.05. The summed E-state index contributed by atoms with van der Waals surface area (Å²) in [7, 11) is 0. The van der Waals surface area contributed by atoms with Crippen molar-refractivity contribution in [2.45, 2.75) is 19.4 Å². The van der Waals surface area contributed by atoms with Gasteiger partial charge < -0.3 is 10.1 Å². The van der Waals surface area contributed by atoms with Crippen molar-refractivity contribution in [2.75, 3.05) is 11.9 Å². The molecule has 0 saturated carbocycles. The molecule has 0 amide bonds. The minimum absolute atomic E-state index is 0.201. The molecule has 23 heavy (non-hydrogen) atoms. The molecule has 0 aliphatic rings. The van der Waals surface area contributed by atoms with Gasteiger partial charge >= 0.3 is 5.97 Å². The lowest BCUT2D eigenvalue weighted by atomic mass is 10.0. The Kier molecular flexibility index (Phi) is 4.83. The summed E-state index contributed by atoms with van der Waals surface area (Å²) >= 11 is 1.56. The number of hydrogen-bond acceptors (Lipinski definition) is 6. The highest BCUT2D eigenvalue weighted by Crippen LogP contribution is 2.28. The van der Waals surface area contributed by atoms with Crippen LogP contribution in [0.2, 0.25) is 0 Å². The largest absolute Gasteiger partial charge is 0.466 e. The molecule has 0 unspecified atom stereocenters. The van der Waals surface area contributed by atoms with Crippen LogP contribution in [0.5, 0.6) is 0 Å². The van der Waals surface area contributed by atoms with Crippen LogP contribution in [0.25, 0.3) is 10.2 Å². The van der Waals surface area contributed by atoms with E-state index >= 15 is 0 Å². The first-order valence-electron chi connectivity index (χ1n) is 7.43. The summed E-state index contributed by atoms with van der Waals surface area (Å²) in [5, 5.41) is 6.31. The zero-order valence-corrected chi connectivity index (χ0v) is 13.5. The summed E-state index contributed by atoms with van der Waals surface area (Å²) in [6.07, 6.45) is 1.78. The number of anilines is 1. The molecule has 5 nitrogen and oxygen atoms in total. The van der Waals surface area contributed by atoms with Crippen molar-refractivity contribution >= 4 is 33.3 Å². The monoisotopic (exact) mass is 327 g/mol. The summed E-state index contributed by atoms with van der Waals surface area (Å²) in [5.41, 5.74) is 1.02. The highest BCUT2D eigenvalue weighted by Gasteiger charge is 2.18. The van der Waals surface area contributed by atoms with Gasteiger partial charge in [-0.05, 0) is 23.9 Å². The number of fused-ring (bicyclic) bond motifs is 1. The zero-order chi connectivity index (χ0) is 16.1. The molecular weight excluding hydrogens is 310 g/mol. The maximum absolute atomic E-state index is 11.9. The summed E-state index contributed by atoms with van der Waals surface area (Å²) in [4.78, 5) is 21.4. The molecule has 0 spiro atoms. The fourth-order valence-corrected chi connectivity index (χ4v) is 3.13. The highest BCUT2D eigenvalue weighted by molar-refractivity contribution is 7.16. The van der Waals surface area contributed by atoms with Gasteiger partial charge in [-0.3, -0.25) is 4.79 Å². The summed E-state index contributed by atoms with van der Waals surface area (Å²) < 4.78 is 5.09. The molecule has 0 radical (unpaired) electrons. The lowest BCUT2D eigenvalue weighted by molar-refractivity contribution is -0.143. The van der Waals surface area contributed by atoms with Crippen LogP contribution in [0, 0.1) is 0 Å². The predicted molar refractivity (Wildman–Crippen MR) is 91.5 cm³/mol. The van der Waals surface area contributed by atoms with Crippen molar-refractivity contribution in [1.82, 2.24) is 9.97 Å². The second-order valence-electron chi connectivity index (χ2n) is 4.98. The number of hydrogen-bond donors (Lipinski definition) is 1. The van der Waals surface area contributed by atoms with E-state index in [-0.39, 0.29) is 18.4 Å². The van der Waals surface area contributed by atoms with Crippen molar-refractivity contribution in [3.63, 3.8) is 0 Å². The normalized spacial score (nSPS) is 12.0. The second-order valence-corrected chi connectivity index (χ2v) is 5.87. The van der Waals surface area contributed by atoms with E-state index in [1.54, 1.807) is 11.3 Å². The highest BCUT2D eigenvalue weighted by atomic mass is 32.1. The van der Waals surface area contributed by atoms with Crippen LogP contribution in [-0.2, 0) is 9.53 Å². The molecule has 0 bridgehead atoms. The number of rotatable bonds is 6. The molecule has 0 fully saturated rings. The van der Waals surface area contributed by atoms with Crippen LogP contribution in [0.4, 0.5) is 5.82 Å². The topological polar surface area (TPSA) is 64.1 Å². The van der Waals surface area contributed by atoms with Crippen molar-refractivity contribution < 1.29 is 9.53 Å². The number of carbonyl (C=O) groups is 1. The summed E-state index contributed by atoms with van der Waals surface area (Å²) in [6, 6.07) is 11.6. The number of carbonyl (C=O) groups excluding carboxylic acids is 1. The molecule has 118 valence electrons. The molecule has 3 rings (SSSR count). The smallest absolute Gasteiger partial charge is 0.308 e. The predicted octanol–water partition coefficient (Wildman–Crippen LogP) is 3.80. The third-order valence-electron chi connectivity index (χ3n) is 3.45. The van der Waals surface area contributed by atoms with Gasteiger partial charge in [0.2, 0.25) is 0 Å². The molecule has 1 aromatic carbocycles. The number of nitrogens with one attached hydrogen (secondary N) is 1. The molecule has 0 saturated heterocycles.